The topological polar surface area (TPSA) is 65.1 Å². The Balaban J connectivity index is 2.69. The molecule has 114 valence electrons. The minimum atomic E-state index is -0.546. The molecule has 1 aliphatic heterocycles. The van der Waals surface area contributed by atoms with Crippen molar-refractivity contribution in [1.82, 2.24) is 4.90 Å². The largest absolute Gasteiger partial charge is 0.463 e. The van der Waals surface area contributed by atoms with Crippen LogP contribution in [0.3, 0.4) is 0 Å². The molecule has 0 N–H and O–H groups in total. The summed E-state index contributed by atoms with van der Waals surface area (Å²) >= 11 is 0. The molecule has 0 aromatic heterocycles. The normalized spacial score (nSPS) is 18.6. The Morgan fingerprint density at radius 3 is 2.70 bits per heavy atom. The summed E-state index contributed by atoms with van der Waals surface area (Å²) in [6.07, 6.45) is 0.976. The van der Waals surface area contributed by atoms with E-state index in [9.17, 15) is 9.59 Å². The monoisotopic (exact) mass is 285 g/mol. The van der Waals surface area contributed by atoms with E-state index < -0.39 is 17.7 Å². The van der Waals surface area contributed by atoms with Crippen LogP contribution in [0.4, 0.5) is 4.79 Å². The van der Waals surface area contributed by atoms with Crippen LogP contribution in [0.1, 0.15) is 27.7 Å². The lowest BCUT2D eigenvalue weighted by Gasteiger charge is -2.26. The molecule has 0 atom stereocenters. The van der Waals surface area contributed by atoms with Crippen LogP contribution in [-0.4, -0.2) is 55.5 Å². The number of rotatable bonds is 2. The molecule has 20 heavy (non-hydrogen) atoms. The van der Waals surface area contributed by atoms with Crippen LogP contribution >= 0.6 is 0 Å². The van der Waals surface area contributed by atoms with Gasteiger partial charge in [0.05, 0.1) is 19.8 Å². The maximum atomic E-state index is 12.0. The zero-order valence-corrected chi connectivity index (χ0v) is 12.6. The SMILES string of the molecule is CCOC(=O)/C=C1/COCCN(C(=O)OC(C)(C)C)C1. The molecule has 0 aromatic rings. The molecule has 0 bridgehead atoms. The van der Waals surface area contributed by atoms with Crippen LogP contribution in [0.2, 0.25) is 0 Å². The number of esters is 1. The van der Waals surface area contributed by atoms with Gasteiger partial charge in [0.1, 0.15) is 5.60 Å². The van der Waals surface area contributed by atoms with Crippen molar-refractivity contribution < 1.29 is 23.8 Å². The standard InChI is InChI=1S/C14H23NO5/c1-5-19-12(16)8-11-9-15(6-7-18-10-11)13(17)20-14(2,3)4/h8H,5-7,9-10H2,1-4H3/b11-8+. The molecule has 0 radical (unpaired) electrons. The minimum absolute atomic E-state index is 0.313. The van der Waals surface area contributed by atoms with Crippen molar-refractivity contribution in [3.05, 3.63) is 11.6 Å². The minimum Gasteiger partial charge on any atom is -0.463 e. The van der Waals surface area contributed by atoms with Crippen LogP contribution < -0.4 is 0 Å². The number of hydrogen-bond donors (Lipinski definition) is 0. The lowest BCUT2D eigenvalue weighted by atomic mass is 10.2. The molecule has 0 aromatic carbocycles. The van der Waals surface area contributed by atoms with Gasteiger partial charge in [-0.1, -0.05) is 0 Å². The van der Waals surface area contributed by atoms with E-state index in [0.29, 0.717) is 38.5 Å². The van der Waals surface area contributed by atoms with Gasteiger partial charge in [-0.25, -0.2) is 9.59 Å². The average Bonchev–Trinajstić information content (AvgIpc) is 2.52. The molecule has 6 heteroatoms. The number of amides is 1. The second-order valence-electron chi connectivity index (χ2n) is 5.51. The van der Waals surface area contributed by atoms with E-state index in [2.05, 4.69) is 0 Å². The van der Waals surface area contributed by atoms with Gasteiger partial charge in [-0.15, -0.1) is 0 Å². The van der Waals surface area contributed by atoms with Crippen molar-refractivity contribution in [2.45, 2.75) is 33.3 Å². The Morgan fingerprint density at radius 1 is 1.40 bits per heavy atom. The maximum absolute atomic E-state index is 12.0. The van der Waals surface area contributed by atoms with Crippen LogP contribution in [0.15, 0.2) is 11.6 Å². The van der Waals surface area contributed by atoms with E-state index in [1.165, 1.54) is 11.0 Å². The quantitative estimate of drug-likeness (QED) is 0.571. The van der Waals surface area contributed by atoms with Gasteiger partial charge in [0, 0.05) is 19.2 Å². The average molecular weight is 285 g/mol. The number of ether oxygens (including phenoxy) is 3. The van der Waals surface area contributed by atoms with Crippen LogP contribution in [0.5, 0.6) is 0 Å². The highest BCUT2D eigenvalue weighted by atomic mass is 16.6. The molecular formula is C14H23NO5. The van der Waals surface area contributed by atoms with E-state index in [1.807, 2.05) is 20.8 Å². The summed E-state index contributed by atoms with van der Waals surface area (Å²) in [6.45, 7) is 8.99. The summed E-state index contributed by atoms with van der Waals surface area (Å²) in [5.41, 5.74) is 0.154. The molecule has 1 saturated heterocycles. The molecule has 0 unspecified atom stereocenters. The zero-order chi connectivity index (χ0) is 15.2. The highest BCUT2D eigenvalue weighted by Gasteiger charge is 2.24. The Hall–Kier alpha value is -1.56. The van der Waals surface area contributed by atoms with E-state index >= 15 is 0 Å². The van der Waals surface area contributed by atoms with Gasteiger partial charge < -0.3 is 19.1 Å². The van der Waals surface area contributed by atoms with Gasteiger partial charge in [-0.05, 0) is 33.3 Å². The van der Waals surface area contributed by atoms with E-state index in [4.69, 9.17) is 14.2 Å². The Labute approximate surface area is 119 Å². The lowest BCUT2D eigenvalue weighted by Crippen LogP contribution is -2.38. The van der Waals surface area contributed by atoms with Gasteiger partial charge in [0.2, 0.25) is 0 Å². The van der Waals surface area contributed by atoms with Gasteiger partial charge in [0.15, 0.2) is 0 Å². The van der Waals surface area contributed by atoms with Crippen molar-refractivity contribution in [2.75, 3.05) is 32.9 Å². The van der Waals surface area contributed by atoms with Gasteiger partial charge in [-0.2, -0.15) is 0 Å². The molecule has 1 rings (SSSR count). The summed E-state index contributed by atoms with van der Waals surface area (Å²) in [4.78, 5) is 25.0. The first-order chi connectivity index (χ1) is 9.31. The van der Waals surface area contributed by atoms with Crippen LogP contribution in [-0.2, 0) is 19.0 Å². The van der Waals surface area contributed by atoms with Crippen LogP contribution in [0, 0.1) is 0 Å². The molecule has 0 aliphatic carbocycles. The molecule has 0 saturated carbocycles. The van der Waals surface area contributed by atoms with E-state index in [0.717, 1.165) is 0 Å². The number of carbonyl (C=O) groups excluding carboxylic acids is 2. The Morgan fingerprint density at radius 2 is 2.10 bits per heavy atom. The van der Waals surface area contributed by atoms with Crippen molar-refractivity contribution >= 4 is 12.1 Å². The fourth-order valence-corrected chi connectivity index (χ4v) is 1.67. The first-order valence-electron chi connectivity index (χ1n) is 6.73. The second kappa shape index (κ2) is 7.28. The van der Waals surface area contributed by atoms with Gasteiger partial charge in [0.25, 0.3) is 0 Å². The van der Waals surface area contributed by atoms with E-state index in [1.54, 1.807) is 6.92 Å². The third-order valence-corrected chi connectivity index (χ3v) is 2.45. The molecule has 1 fully saturated rings. The highest BCUT2D eigenvalue weighted by molar-refractivity contribution is 5.83. The number of carbonyl (C=O) groups is 2. The third kappa shape index (κ3) is 6.06. The lowest BCUT2D eigenvalue weighted by molar-refractivity contribution is -0.137. The summed E-state index contributed by atoms with van der Waals surface area (Å²) in [7, 11) is 0. The predicted octanol–water partition coefficient (Wildman–Crippen LogP) is 1.74. The Kier molecular flexibility index (Phi) is 6.01. The van der Waals surface area contributed by atoms with Crippen molar-refractivity contribution in [2.24, 2.45) is 0 Å². The first kappa shape index (κ1) is 16.5. The smallest absolute Gasteiger partial charge is 0.410 e. The second-order valence-corrected chi connectivity index (χ2v) is 5.51. The van der Waals surface area contributed by atoms with Gasteiger partial charge in [-0.3, -0.25) is 0 Å². The van der Waals surface area contributed by atoms with Gasteiger partial charge >= 0.3 is 12.1 Å². The fraction of sp³-hybridized carbons (Fsp3) is 0.714. The Bertz CT molecular complexity index is 384. The third-order valence-electron chi connectivity index (χ3n) is 2.45. The van der Waals surface area contributed by atoms with Crippen LogP contribution in [0.25, 0.3) is 0 Å². The van der Waals surface area contributed by atoms with Crippen molar-refractivity contribution in [3.63, 3.8) is 0 Å². The van der Waals surface area contributed by atoms with E-state index in [-0.39, 0.29) is 0 Å². The summed E-state index contributed by atoms with van der Waals surface area (Å²) in [5, 5.41) is 0. The fourth-order valence-electron chi connectivity index (χ4n) is 1.67. The molecule has 6 nitrogen and oxygen atoms in total. The summed E-state index contributed by atoms with van der Waals surface area (Å²) < 4.78 is 15.5. The molecule has 1 heterocycles. The highest BCUT2D eigenvalue weighted by Crippen LogP contribution is 2.13. The summed E-state index contributed by atoms with van der Waals surface area (Å²) in [5.74, 6) is -0.419. The molecular weight excluding hydrogens is 262 g/mol. The molecule has 0 spiro atoms. The molecule has 1 aliphatic rings. The summed E-state index contributed by atoms with van der Waals surface area (Å²) in [6, 6.07) is 0. The van der Waals surface area contributed by atoms with Crippen molar-refractivity contribution in [3.8, 4) is 0 Å². The first-order valence-corrected chi connectivity index (χ1v) is 6.73. The molecule has 1 amide bonds. The maximum Gasteiger partial charge on any atom is 0.410 e. The van der Waals surface area contributed by atoms with Crippen molar-refractivity contribution in [1.29, 1.82) is 0 Å². The predicted molar refractivity (Wildman–Crippen MR) is 73.3 cm³/mol. The zero-order valence-electron chi connectivity index (χ0n) is 12.6. The number of hydrogen-bond acceptors (Lipinski definition) is 5. The number of nitrogens with zero attached hydrogens (tertiary/aromatic N) is 1.